The molecule has 192 valence electrons. The number of urea groups is 1. The van der Waals surface area contributed by atoms with Gasteiger partial charge in [0.1, 0.15) is 17.3 Å². The summed E-state index contributed by atoms with van der Waals surface area (Å²) in [5.74, 6) is 1.10. The standard InChI is InChI=1S/C28H34N2O6/c1-5-21(20-26(34-3)25(6-2)27(32)35-4)29-28(33)30(18-11-19-31)22-12-10-15-24(17-16-22)36-23-13-8-7-9-14-23/h5,7-10,13-17,20,31H,1,6,11-12,18-19H2,2-4H3,(H,29,33)/b21-20+,26-25-. The van der Waals surface area contributed by atoms with Gasteiger partial charge in [-0.1, -0.05) is 37.8 Å². The van der Waals surface area contributed by atoms with Crippen molar-refractivity contribution in [3.05, 3.63) is 102 Å². The number of para-hydroxylation sites is 1. The Hall–Kier alpha value is -4.04. The molecular formula is C28H34N2O6. The van der Waals surface area contributed by atoms with E-state index in [-0.39, 0.29) is 12.4 Å². The Bertz CT molecular complexity index is 1070. The number of aliphatic hydroxyl groups excluding tert-OH is 1. The second-order valence-corrected chi connectivity index (χ2v) is 7.60. The molecule has 0 saturated carbocycles. The van der Waals surface area contributed by atoms with E-state index in [0.29, 0.717) is 48.6 Å². The number of hydrogen-bond acceptors (Lipinski definition) is 6. The highest BCUT2D eigenvalue weighted by Gasteiger charge is 2.20. The van der Waals surface area contributed by atoms with Crippen molar-refractivity contribution < 1.29 is 28.9 Å². The number of methoxy groups -OCH3 is 2. The molecule has 0 saturated heterocycles. The zero-order valence-corrected chi connectivity index (χ0v) is 21.0. The number of allylic oxidation sites excluding steroid dienone is 6. The fourth-order valence-electron chi connectivity index (χ4n) is 3.38. The van der Waals surface area contributed by atoms with E-state index in [0.717, 1.165) is 5.70 Å². The van der Waals surface area contributed by atoms with Gasteiger partial charge in [0.15, 0.2) is 0 Å². The lowest BCUT2D eigenvalue weighted by Gasteiger charge is -2.25. The first-order chi connectivity index (χ1) is 17.5. The first kappa shape index (κ1) is 28.2. The van der Waals surface area contributed by atoms with Crippen molar-refractivity contribution in [3.8, 4) is 5.75 Å². The van der Waals surface area contributed by atoms with Crippen molar-refractivity contribution in [3.63, 3.8) is 0 Å². The number of carbonyl (C=O) groups is 2. The third kappa shape index (κ3) is 8.32. The average Bonchev–Trinajstić information content (AvgIpc) is 3.13. The van der Waals surface area contributed by atoms with Crippen molar-refractivity contribution in [2.75, 3.05) is 27.4 Å². The molecule has 1 aliphatic rings. The van der Waals surface area contributed by atoms with Crippen LogP contribution in [-0.4, -0.2) is 49.4 Å². The summed E-state index contributed by atoms with van der Waals surface area (Å²) < 4.78 is 16.1. The second-order valence-electron chi connectivity index (χ2n) is 7.60. The monoisotopic (exact) mass is 494 g/mol. The Labute approximate surface area is 212 Å². The number of ether oxygens (including phenoxy) is 3. The maximum atomic E-state index is 13.3. The number of nitrogens with one attached hydrogen (secondary N) is 1. The van der Waals surface area contributed by atoms with E-state index in [1.807, 2.05) is 48.6 Å². The van der Waals surface area contributed by atoms with Gasteiger partial charge in [0.25, 0.3) is 0 Å². The number of rotatable bonds is 12. The molecule has 8 heteroatoms. The summed E-state index contributed by atoms with van der Waals surface area (Å²) in [4.78, 5) is 26.9. The molecule has 1 aromatic rings. The largest absolute Gasteiger partial charge is 0.496 e. The van der Waals surface area contributed by atoms with Gasteiger partial charge in [0.2, 0.25) is 0 Å². The fraction of sp³-hybridized carbons (Fsp3) is 0.286. The van der Waals surface area contributed by atoms with Gasteiger partial charge >= 0.3 is 12.0 Å². The molecule has 0 fully saturated rings. The molecule has 36 heavy (non-hydrogen) atoms. The van der Waals surface area contributed by atoms with Gasteiger partial charge < -0.3 is 24.6 Å². The number of amides is 2. The van der Waals surface area contributed by atoms with Crippen LogP contribution < -0.4 is 10.1 Å². The molecule has 0 aromatic heterocycles. The van der Waals surface area contributed by atoms with E-state index in [4.69, 9.17) is 14.2 Å². The van der Waals surface area contributed by atoms with E-state index in [2.05, 4.69) is 11.9 Å². The van der Waals surface area contributed by atoms with Gasteiger partial charge in [-0.2, -0.15) is 0 Å². The van der Waals surface area contributed by atoms with E-state index >= 15 is 0 Å². The van der Waals surface area contributed by atoms with E-state index in [1.165, 1.54) is 26.4 Å². The lowest BCUT2D eigenvalue weighted by molar-refractivity contribution is -0.136. The lowest BCUT2D eigenvalue weighted by atomic mass is 10.1. The first-order valence-corrected chi connectivity index (χ1v) is 11.7. The molecule has 8 nitrogen and oxygen atoms in total. The summed E-state index contributed by atoms with van der Waals surface area (Å²) in [6.07, 6.45) is 11.6. The number of hydrogen-bond donors (Lipinski definition) is 2. The molecule has 1 aliphatic carbocycles. The highest BCUT2D eigenvalue weighted by molar-refractivity contribution is 5.89. The molecule has 2 rings (SSSR count). The topological polar surface area (TPSA) is 97.3 Å². The molecule has 0 unspecified atom stereocenters. The van der Waals surface area contributed by atoms with E-state index in [1.54, 1.807) is 17.9 Å². The minimum atomic E-state index is -0.513. The highest BCUT2D eigenvalue weighted by atomic mass is 16.5. The molecule has 0 aliphatic heterocycles. The molecule has 2 N–H and O–H groups in total. The Balaban J connectivity index is 2.29. The van der Waals surface area contributed by atoms with E-state index in [9.17, 15) is 14.7 Å². The molecule has 0 spiro atoms. The minimum absolute atomic E-state index is 0.0647. The molecule has 2 amide bonds. The summed E-state index contributed by atoms with van der Waals surface area (Å²) in [6, 6.07) is 9.00. The minimum Gasteiger partial charge on any atom is -0.496 e. The molecular weight excluding hydrogens is 460 g/mol. The zero-order chi connectivity index (χ0) is 26.3. The van der Waals surface area contributed by atoms with Crippen LogP contribution in [0.2, 0.25) is 0 Å². The Kier molecular flexibility index (Phi) is 11.8. The van der Waals surface area contributed by atoms with Crippen LogP contribution in [0, 0.1) is 0 Å². The SMILES string of the molecule is C=C/C(=C\C(OC)=C(/CC)C(=O)OC)NC(=O)N(CCCO)C1=CC=C(Oc2ccccc2)C=CC1. The van der Waals surface area contributed by atoms with Gasteiger partial charge in [-0.05, 0) is 49.3 Å². The molecule has 0 bridgehead atoms. The maximum absolute atomic E-state index is 13.3. The highest BCUT2D eigenvalue weighted by Crippen LogP contribution is 2.20. The predicted octanol–water partition coefficient (Wildman–Crippen LogP) is 4.74. The lowest BCUT2D eigenvalue weighted by Crippen LogP contribution is -2.39. The van der Waals surface area contributed by atoms with Crippen molar-refractivity contribution in [1.29, 1.82) is 0 Å². The van der Waals surface area contributed by atoms with Crippen LogP contribution in [0.15, 0.2) is 102 Å². The van der Waals surface area contributed by atoms with Gasteiger partial charge in [-0.25, -0.2) is 9.59 Å². The Morgan fingerprint density at radius 1 is 1.17 bits per heavy atom. The van der Waals surface area contributed by atoms with Crippen LogP contribution in [0.25, 0.3) is 0 Å². The van der Waals surface area contributed by atoms with E-state index < -0.39 is 12.0 Å². The molecule has 0 heterocycles. The third-order valence-electron chi connectivity index (χ3n) is 5.22. The summed E-state index contributed by atoms with van der Waals surface area (Å²) in [7, 11) is 2.73. The molecule has 1 aromatic carbocycles. The van der Waals surface area contributed by atoms with Gasteiger partial charge in [0, 0.05) is 37.0 Å². The summed E-state index contributed by atoms with van der Waals surface area (Å²) in [6.45, 7) is 5.80. The summed E-state index contributed by atoms with van der Waals surface area (Å²) in [5, 5.41) is 12.2. The summed E-state index contributed by atoms with van der Waals surface area (Å²) >= 11 is 0. The average molecular weight is 495 g/mol. The zero-order valence-electron chi connectivity index (χ0n) is 21.0. The van der Waals surface area contributed by atoms with Crippen LogP contribution in [0.4, 0.5) is 4.79 Å². The van der Waals surface area contributed by atoms with Crippen LogP contribution in [0.3, 0.4) is 0 Å². The van der Waals surface area contributed by atoms with Gasteiger partial charge in [-0.15, -0.1) is 0 Å². The maximum Gasteiger partial charge on any atom is 0.337 e. The number of benzene rings is 1. The van der Waals surface area contributed by atoms with Crippen LogP contribution in [0.1, 0.15) is 26.2 Å². The Morgan fingerprint density at radius 2 is 1.92 bits per heavy atom. The smallest absolute Gasteiger partial charge is 0.337 e. The third-order valence-corrected chi connectivity index (χ3v) is 5.22. The van der Waals surface area contributed by atoms with Crippen molar-refractivity contribution in [2.24, 2.45) is 0 Å². The van der Waals surface area contributed by atoms with Crippen molar-refractivity contribution in [1.82, 2.24) is 10.2 Å². The van der Waals surface area contributed by atoms with Crippen LogP contribution in [-0.2, 0) is 14.3 Å². The summed E-state index contributed by atoms with van der Waals surface area (Å²) in [5.41, 5.74) is 1.39. The number of nitrogens with zero attached hydrogens (tertiary/aromatic N) is 1. The van der Waals surface area contributed by atoms with Crippen molar-refractivity contribution >= 4 is 12.0 Å². The normalized spacial score (nSPS) is 13.9. The van der Waals surface area contributed by atoms with Gasteiger partial charge in [-0.3, -0.25) is 4.90 Å². The predicted molar refractivity (Wildman–Crippen MR) is 139 cm³/mol. The Morgan fingerprint density at radius 3 is 2.53 bits per heavy atom. The molecule has 0 atom stereocenters. The fourth-order valence-corrected chi connectivity index (χ4v) is 3.38. The van der Waals surface area contributed by atoms with Crippen molar-refractivity contribution in [2.45, 2.75) is 26.2 Å². The number of carbonyl (C=O) groups excluding carboxylic acids is 2. The quantitative estimate of drug-likeness (QED) is 0.189. The first-order valence-electron chi connectivity index (χ1n) is 11.7. The molecule has 0 radical (unpaired) electrons. The van der Waals surface area contributed by atoms with Crippen LogP contribution in [0.5, 0.6) is 5.75 Å². The van der Waals surface area contributed by atoms with Gasteiger partial charge in [0.05, 0.1) is 19.8 Å². The number of aliphatic hydroxyl groups is 1. The van der Waals surface area contributed by atoms with Crippen LogP contribution >= 0.6 is 0 Å². The second kappa shape index (κ2) is 15.1. The number of esters is 1.